The molecule has 0 radical (unpaired) electrons. The van der Waals surface area contributed by atoms with Gasteiger partial charge in [0.2, 0.25) is 0 Å². The van der Waals surface area contributed by atoms with Gasteiger partial charge < -0.3 is 5.32 Å². The van der Waals surface area contributed by atoms with Gasteiger partial charge in [0.15, 0.2) is 14.4 Å². The van der Waals surface area contributed by atoms with Gasteiger partial charge in [-0.1, -0.05) is 12.1 Å². The lowest BCUT2D eigenvalue weighted by Crippen LogP contribution is -2.31. The summed E-state index contributed by atoms with van der Waals surface area (Å²) in [7, 11) is -1.06. The van der Waals surface area contributed by atoms with Crippen molar-refractivity contribution in [2.75, 3.05) is 18.1 Å². The fourth-order valence-electron chi connectivity index (χ4n) is 2.46. The van der Waals surface area contributed by atoms with Gasteiger partial charge in [-0.2, -0.15) is 0 Å². The third kappa shape index (κ3) is 2.75. The number of hydrogen-bond donors (Lipinski definition) is 1. The summed E-state index contributed by atoms with van der Waals surface area (Å²) < 4.78 is 25.6. The Kier molecular flexibility index (Phi) is 4.08. The Hall–Kier alpha value is -0.470. The maximum Gasteiger partial charge on any atom is 0.153 e. The van der Waals surface area contributed by atoms with Crippen LogP contribution in [0.2, 0.25) is 0 Å². The maximum absolute atomic E-state index is 11.6. The van der Waals surface area contributed by atoms with Gasteiger partial charge in [0.05, 0.1) is 23.2 Å². The van der Waals surface area contributed by atoms with Gasteiger partial charge in [-0.25, -0.2) is 13.1 Å². The van der Waals surface area contributed by atoms with E-state index in [0.29, 0.717) is 11.0 Å². The van der Waals surface area contributed by atoms with E-state index in [0.717, 1.165) is 12.2 Å². The molecule has 2 atom stereocenters. The molecule has 0 amide bonds. The van der Waals surface area contributed by atoms with Crippen molar-refractivity contribution in [2.45, 2.75) is 19.4 Å². The van der Waals surface area contributed by atoms with E-state index in [1.165, 1.54) is 0 Å². The summed E-state index contributed by atoms with van der Waals surface area (Å²) in [5.74, 6) is 0.605. The fourth-order valence-corrected chi connectivity index (χ4v) is 4.88. The van der Waals surface area contributed by atoms with Gasteiger partial charge in [0.25, 0.3) is 0 Å². The lowest BCUT2D eigenvalue weighted by atomic mass is 9.96. The molecule has 8 heteroatoms. The Morgan fingerprint density at radius 3 is 2.78 bits per heavy atom. The molecule has 0 bridgehead atoms. The second kappa shape index (κ2) is 5.26. The van der Waals surface area contributed by atoms with Crippen LogP contribution in [0.4, 0.5) is 0 Å². The number of aryl methyl sites for hydroxylation is 1. The highest BCUT2D eigenvalue weighted by Gasteiger charge is 2.36. The zero-order valence-electron chi connectivity index (χ0n) is 10.4. The first-order chi connectivity index (χ1) is 8.44. The van der Waals surface area contributed by atoms with Gasteiger partial charge in [-0.15, -0.1) is 5.10 Å². The molecule has 2 heterocycles. The minimum atomic E-state index is -2.88. The summed E-state index contributed by atoms with van der Waals surface area (Å²) in [6.07, 6.45) is 0.692. The van der Waals surface area contributed by atoms with Crippen molar-refractivity contribution in [1.29, 1.82) is 0 Å². The Morgan fingerprint density at radius 2 is 2.33 bits per heavy atom. The second-order valence-electron chi connectivity index (χ2n) is 4.59. The van der Waals surface area contributed by atoms with Crippen LogP contribution < -0.4 is 5.32 Å². The average Bonchev–Trinajstić information content (AvgIpc) is 2.80. The highest BCUT2D eigenvalue weighted by atomic mass is 79.9. The van der Waals surface area contributed by atoms with Crippen LogP contribution in [0.15, 0.2) is 4.60 Å². The molecular weight excluding hydrogens is 320 g/mol. The van der Waals surface area contributed by atoms with E-state index >= 15 is 0 Å². The number of halogens is 1. The summed E-state index contributed by atoms with van der Waals surface area (Å²) in [5.41, 5.74) is 0.916. The predicted octanol–water partition coefficient (Wildman–Crippen LogP) is 0.663. The lowest BCUT2D eigenvalue weighted by Gasteiger charge is -2.23. The largest absolute Gasteiger partial charge is 0.309 e. The normalized spacial score (nSPS) is 24.3. The van der Waals surface area contributed by atoms with Crippen LogP contribution in [0.5, 0.6) is 0 Å². The maximum atomic E-state index is 11.6. The van der Waals surface area contributed by atoms with E-state index in [4.69, 9.17) is 0 Å². The predicted molar refractivity (Wildman–Crippen MR) is 71.9 cm³/mol. The number of sulfone groups is 1. The number of nitrogens with zero attached hydrogens (tertiary/aromatic N) is 3. The molecule has 1 aliphatic heterocycles. The molecule has 2 rings (SSSR count). The van der Waals surface area contributed by atoms with Crippen LogP contribution in [0.25, 0.3) is 0 Å². The molecule has 6 nitrogen and oxygen atoms in total. The average molecular weight is 337 g/mol. The molecular formula is C10H17BrN4O2S. The molecule has 1 aromatic heterocycles. The van der Waals surface area contributed by atoms with Crippen molar-refractivity contribution in [3.8, 4) is 0 Å². The third-order valence-electron chi connectivity index (χ3n) is 3.28. The Morgan fingerprint density at radius 1 is 1.61 bits per heavy atom. The van der Waals surface area contributed by atoms with E-state index in [1.807, 2.05) is 14.0 Å². The monoisotopic (exact) mass is 336 g/mol. The molecule has 1 saturated heterocycles. The molecule has 1 aliphatic rings. The van der Waals surface area contributed by atoms with Crippen LogP contribution in [-0.2, 0) is 16.9 Å². The van der Waals surface area contributed by atoms with E-state index < -0.39 is 9.84 Å². The van der Waals surface area contributed by atoms with Crippen LogP contribution in [0, 0.1) is 5.92 Å². The minimum absolute atomic E-state index is 0.0262. The topological polar surface area (TPSA) is 76.9 Å². The summed E-state index contributed by atoms with van der Waals surface area (Å²) in [5, 5.41) is 11.3. The Labute approximate surface area is 115 Å². The van der Waals surface area contributed by atoms with Crippen LogP contribution >= 0.6 is 15.9 Å². The first-order valence-corrected chi connectivity index (χ1v) is 8.55. The Balaban J connectivity index is 2.30. The van der Waals surface area contributed by atoms with Gasteiger partial charge >= 0.3 is 0 Å². The van der Waals surface area contributed by atoms with Crippen LogP contribution in [-0.4, -0.2) is 41.5 Å². The molecule has 0 aromatic carbocycles. The standard InChI is InChI=1S/C10H17BrN4O2S/c1-3-12-8(7-4-5-18(16,17)6-7)9-10(11)13-14-15(9)2/h7-8,12H,3-6H2,1-2H3. The molecule has 1 N–H and O–H groups in total. The molecule has 0 aliphatic carbocycles. The van der Waals surface area contributed by atoms with Gasteiger partial charge in [-0.3, -0.25) is 0 Å². The van der Waals surface area contributed by atoms with E-state index in [1.54, 1.807) is 4.68 Å². The first-order valence-electron chi connectivity index (χ1n) is 5.93. The lowest BCUT2D eigenvalue weighted by molar-refractivity contribution is 0.378. The zero-order valence-corrected chi connectivity index (χ0v) is 12.8. The van der Waals surface area contributed by atoms with E-state index in [9.17, 15) is 8.42 Å². The van der Waals surface area contributed by atoms with Crippen molar-refractivity contribution < 1.29 is 8.42 Å². The SMILES string of the molecule is CCNC(c1c(Br)nnn1C)C1CCS(=O)(=O)C1. The van der Waals surface area contributed by atoms with E-state index in [-0.39, 0.29) is 23.5 Å². The molecule has 0 saturated carbocycles. The quantitative estimate of drug-likeness (QED) is 0.874. The smallest absolute Gasteiger partial charge is 0.153 e. The number of nitrogens with one attached hydrogen (secondary N) is 1. The fraction of sp³-hybridized carbons (Fsp3) is 0.800. The van der Waals surface area contributed by atoms with Crippen LogP contribution in [0.1, 0.15) is 25.1 Å². The van der Waals surface area contributed by atoms with Crippen molar-refractivity contribution in [3.05, 3.63) is 10.3 Å². The third-order valence-corrected chi connectivity index (χ3v) is 5.64. The summed E-state index contributed by atoms with van der Waals surface area (Å²) >= 11 is 3.38. The molecule has 18 heavy (non-hydrogen) atoms. The minimum Gasteiger partial charge on any atom is -0.309 e. The van der Waals surface area contributed by atoms with Crippen LogP contribution in [0.3, 0.4) is 0 Å². The summed E-state index contributed by atoms with van der Waals surface area (Å²) in [6, 6.07) is -0.0262. The van der Waals surface area contributed by atoms with Crippen molar-refractivity contribution in [1.82, 2.24) is 20.3 Å². The van der Waals surface area contributed by atoms with Crippen molar-refractivity contribution in [2.24, 2.45) is 13.0 Å². The number of aromatic nitrogens is 3. The second-order valence-corrected chi connectivity index (χ2v) is 7.57. The van der Waals surface area contributed by atoms with E-state index in [2.05, 4.69) is 31.6 Å². The number of rotatable bonds is 4. The zero-order chi connectivity index (χ0) is 13.3. The Bertz CT molecular complexity index is 508. The molecule has 1 fully saturated rings. The first kappa shape index (κ1) is 14.0. The van der Waals surface area contributed by atoms with Crippen molar-refractivity contribution in [3.63, 3.8) is 0 Å². The molecule has 2 unspecified atom stereocenters. The van der Waals surface area contributed by atoms with Gasteiger partial charge in [0, 0.05) is 7.05 Å². The number of hydrogen-bond acceptors (Lipinski definition) is 5. The molecule has 102 valence electrons. The summed E-state index contributed by atoms with van der Waals surface area (Å²) in [4.78, 5) is 0. The highest BCUT2D eigenvalue weighted by Crippen LogP contribution is 2.33. The van der Waals surface area contributed by atoms with Crippen molar-refractivity contribution >= 4 is 25.8 Å². The highest BCUT2D eigenvalue weighted by molar-refractivity contribution is 9.10. The molecule has 1 aromatic rings. The molecule has 0 spiro atoms. The summed E-state index contributed by atoms with van der Waals surface area (Å²) in [6.45, 7) is 2.78. The van der Waals surface area contributed by atoms with Gasteiger partial charge in [0.1, 0.15) is 0 Å². The van der Waals surface area contributed by atoms with Gasteiger partial charge in [-0.05, 0) is 34.8 Å².